The zero-order valence-corrected chi connectivity index (χ0v) is 19.8. The van der Waals surface area contributed by atoms with Crippen molar-refractivity contribution in [1.29, 1.82) is 0 Å². The van der Waals surface area contributed by atoms with E-state index in [2.05, 4.69) is 20.9 Å². The molecular weight excluding hydrogens is 440 g/mol. The molecule has 178 valence electrons. The van der Waals surface area contributed by atoms with Crippen molar-refractivity contribution in [3.8, 4) is 0 Å². The molecule has 10 heteroatoms. The van der Waals surface area contributed by atoms with Crippen LogP contribution in [0, 0.1) is 10.8 Å². The third-order valence-electron chi connectivity index (χ3n) is 4.68. The maximum Gasteiger partial charge on any atom is 0.337 e. The predicted octanol–water partition coefficient (Wildman–Crippen LogP) is 3.25. The highest BCUT2D eigenvalue weighted by atomic mass is 16.7. The Hall–Kier alpha value is -4.08. The van der Waals surface area contributed by atoms with E-state index < -0.39 is 34.6 Å². The van der Waals surface area contributed by atoms with E-state index in [1.54, 1.807) is 65.8 Å². The summed E-state index contributed by atoms with van der Waals surface area (Å²) in [6, 6.07) is 9.91. The number of hydrogen-bond acceptors (Lipinski definition) is 8. The van der Waals surface area contributed by atoms with Gasteiger partial charge in [-0.3, -0.25) is 9.59 Å². The molecule has 0 atom stereocenters. The molecule has 34 heavy (non-hydrogen) atoms. The minimum atomic E-state index is -0.789. The highest BCUT2D eigenvalue weighted by molar-refractivity contribution is 6.06. The van der Waals surface area contributed by atoms with E-state index in [1.165, 1.54) is 12.1 Å². The monoisotopic (exact) mass is 466 g/mol. The molecule has 0 aliphatic rings. The number of rotatable bonds is 2. The number of nitrogens with one attached hydrogen (secondary N) is 2. The average molecular weight is 466 g/mol. The number of benzene rings is 1. The fourth-order valence-corrected chi connectivity index (χ4v) is 2.62. The molecule has 0 saturated carbocycles. The SMILES string of the molecule is CC(C)(C)C(=O)ONC(=O)c1ccc2ccc3ccc(C(=O)NOC(=O)C(C)(C)C)nc3c2n1. The summed E-state index contributed by atoms with van der Waals surface area (Å²) in [5, 5.41) is 1.36. The van der Waals surface area contributed by atoms with E-state index >= 15 is 0 Å². The molecule has 10 nitrogen and oxygen atoms in total. The second-order valence-electron chi connectivity index (χ2n) is 9.74. The van der Waals surface area contributed by atoms with Crippen LogP contribution in [0.3, 0.4) is 0 Å². The summed E-state index contributed by atoms with van der Waals surface area (Å²) < 4.78 is 0. The lowest BCUT2D eigenvalue weighted by Crippen LogP contribution is -2.33. The molecular formula is C24H26N4O6. The quantitative estimate of drug-likeness (QED) is 0.434. The number of carbonyl (C=O) groups excluding carboxylic acids is 4. The minimum absolute atomic E-state index is 0.00234. The van der Waals surface area contributed by atoms with Crippen LogP contribution in [-0.2, 0) is 19.3 Å². The molecule has 0 aliphatic heterocycles. The maximum absolute atomic E-state index is 12.5. The number of fused-ring (bicyclic) bond motifs is 3. The van der Waals surface area contributed by atoms with Gasteiger partial charge < -0.3 is 9.68 Å². The third kappa shape index (κ3) is 5.45. The van der Waals surface area contributed by atoms with Crippen LogP contribution in [0.5, 0.6) is 0 Å². The first-order valence-electron chi connectivity index (χ1n) is 10.5. The van der Waals surface area contributed by atoms with Gasteiger partial charge in [-0.1, -0.05) is 24.3 Å². The zero-order chi connectivity index (χ0) is 25.3. The van der Waals surface area contributed by atoms with Gasteiger partial charge in [0.15, 0.2) is 0 Å². The average Bonchev–Trinajstić information content (AvgIpc) is 2.78. The van der Waals surface area contributed by atoms with E-state index in [9.17, 15) is 19.2 Å². The third-order valence-corrected chi connectivity index (χ3v) is 4.68. The van der Waals surface area contributed by atoms with Crippen molar-refractivity contribution in [3.05, 3.63) is 47.8 Å². The molecule has 3 aromatic rings. The first kappa shape index (κ1) is 24.6. The Bertz CT molecular complexity index is 1200. The van der Waals surface area contributed by atoms with Crippen LogP contribution in [0.4, 0.5) is 0 Å². The van der Waals surface area contributed by atoms with Gasteiger partial charge in [-0.25, -0.2) is 19.6 Å². The summed E-state index contributed by atoms with van der Waals surface area (Å²) in [4.78, 5) is 67.2. The lowest BCUT2D eigenvalue weighted by molar-refractivity contribution is -0.159. The van der Waals surface area contributed by atoms with Gasteiger partial charge in [0, 0.05) is 10.8 Å². The Morgan fingerprint density at radius 2 is 0.941 bits per heavy atom. The van der Waals surface area contributed by atoms with Gasteiger partial charge in [-0.05, 0) is 53.7 Å². The number of aromatic nitrogens is 2. The van der Waals surface area contributed by atoms with Gasteiger partial charge in [-0.2, -0.15) is 11.0 Å². The van der Waals surface area contributed by atoms with Crippen LogP contribution in [-0.4, -0.2) is 33.7 Å². The normalized spacial score (nSPS) is 11.7. The molecule has 2 amide bonds. The molecule has 0 fully saturated rings. The van der Waals surface area contributed by atoms with Crippen molar-refractivity contribution in [2.24, 2.45) is 10.8 Å². The molecule has 0 aliphatic carbocycles. The van der Waals surface area contributed by atoms with E-state index in [0.29, 0.717) is 21.8 Å². The minimum Gasteiger partial charge on any atom is -0.340 e. The molecule has 0 radical (unpaired) electrons. The highest BCUT2D eigenvalue weighted by Gasteiger charge is 2.26. The number of hydrogen-bond donors (Lipinski definition) is 2. The van der Waals surface area contributed by atoms with Crippen LogP contribution in [0.1, 0.15) is 62.5 Å². The van der Waals surface area contributed by atoms with Gasteiger partial charge >= 0.3 is 23.8 Å². The fraction of sp³-hybridized carbons (Fsp3) is 0.333. The zero-order valence-electron chi connectivity index (χ0n) is 19.8. The van der Waals surface area contributed by atoms with Crippen molar-refractivity contribution in [3.63, 3.8) is 0 Å². The van der Waals surface area contributed by atoms with Crippen LogP contribution in [0.15, 0.2) is 36.4 Å². The summed E-state index contributed by atoms with van der Waals surface area (Å²) in [6.45, 7) is 9.95. The largest absolute Gasteiger partial charge is 0.340 e. The molecule has 0 bridgehead atoms. The lowest BCUT2D eigenvalue weighted by atomic mass is 9.98. The standard InChI is InChI=1S/C24H26N4O6/c1-23(2,3)21(31)33-27-19(29)15-11-9-13-7-8-14-10-12-16(26-18(14)17(13)25-15)20(30)28-34-22(32)24(4,5)6/h7-12H,1-6H3,(H,27,29)(H,28,30). The second kappa shape index (κ2) is 9.05. The van der Waals surface area contributed by atoms with E-state index in [0.717, 1.165) is 0 Å². The number of carbonyl (C=O) groups is 4. The Balaban J connectivity index is 1.89. The number of pyridine rings is 2. The summed E-state index contributed by atoms with van der Waals surface area (Å²) >= 11 is 0. The highest BCUT2D eigenvalue weighted by Crippen LogP contribution is 2.23. The van der Waals surface area contributed by atoms with Crippen molar-refractivity contribution in [2.45, 2.75) is 41.5 Å². The molecule has 0 spiro atoms. The first-order chi connectivity index (χ1) is 15.8. The van der Waals surface area contributed by atoms with Gasteiger partial charge in [-0.15, -0.1) is 0 Å². The number of amides is 2. The van der Waals surface area contributed by atoms with Crippen molar-refractivity contribution >= 4 is 45.6 Å². The van der Waals surface area contributed by atoms with Crippen LogP contribution in [0.2, 0.25) is 0 Å². The van der Waals surface area contributed by atoms with Gasteiger partial charge in [0.25, 0.3) is 0 Å². The Kier molecular flexibility index (Phi) is 6.53. The van der Waals surface area contributed by atoms with E-state index in [-0.39, 0.29) is 11.4 Å². The van der Waals surface area contributed by atoms with Crippen molar-refractivity contribution < 1.29 is 28.9 Å². The van der Waals surface area contributed by atoms with Crippen molar-refractivity contribution in [2.75, 3.05) is 0 Å². The van der Waals surface area contributed by atoms with Gasteiger partial charge in [0.2, 0.25) is 0 Å². The molecule has 0 unspecified atom stereocenters. The predicted molar refractivity (Wildman–Crippen MR) is 123 cm³/mol. The lowest BCUT2D eigenvalue weighted by Gasteiger charge is -2.16. The Morgan fingerprint density at radius 3 is 1.26 bits per heavy atom. The van der Waals surface area contributed by atoms with Gasteiger partial charge in [0.1, 0.15) is 11.4 Å². The van der Waals surface area contributed by atoms with E-state index in [4.69, 9.17) is 9.68 Å². The van der Waals surface area contributed by atoms with Crippen LogP contribution < -0.4 is 11.0 Å². The number of nitrogens with zero attached hydrogens (tertiary/aromatic N) is 2. The molecule has 0 saturated heterocycles. The summed E-state index contributed by atoms with van der Waals surface area (Å²) in [6.07, 6.45) is 0. The molecule has 2 heterocycles. The van der Waals surface area contributed by atoms with Gasteiger partial charge in [0.05, 0.1) is 21.9 Å². The summed E-state index contributed by atoms with van der Waals surface area (Å²) in [5.41, 5.74) is 3.36. The summed E-state index contributed by atoms with van der Waals surface area (Å²) in [5.74, 6) is -2.62. The first-order valence-corrected chi connectivity index (χ1v) is 10.5. The van der Waals surface area contributed by atoms with Crippen LogP contribution >= 0.6 is 0 Å². The fourth-order valence-electron chi connectivity index (χ4n) is 2.62. The molecule has 3 rings (SSSR count). The topological polar surface area (TPSA) is 137 Å². The summed E-state index contributed by atoms with van der Waals surface area (Å²) in [7, 11) is 0. The Labute approximate surface area is 195 Å². The molecule has 2 N–H and O–H groups in total. The second-order valence-corrected chi connectivity index (χ2v) is 9.74. The smallest absolute Gasteiger partial charge is 0.337 e. The molecule has 1 aromatic carbocycles. The Morgan fingerprint density at radius 1 is 0.618 bits per heavy atom. The maximum atomic E-state index is 12.5. The van der Waals surface area contributed by atoms with E-state index in [1.807, 2.05) is 0 Å². The number of hydroxylamine groups is 2. The molecule has 2 aromatic heterocycles. The van der Waals surface area contributed by atoms with Crippen molar-refractivity contribution in [1.82, 2.24) is 20.9 Å². The van der Waals surface area contributed by atoms with Crippen LogP contribution in [0.25, 0.3) is 21.8 Å².